The van der Waals surface area contributed by atoms with Gasteiger partial charge in [-0.15, -0.1) is 0 Å². The van der Waals surface area contributed by atoms with Gasteiger partial charge in [-0.3, -0.25) is 4.79 Å². The standard InChI is InChI=1S/C15H22N2O/c1-11-4-5-13(10-12(11)2)15(18)17-8-6-14(16-3)7-9-17/h4-5,10,14,16H,6-9H2,1-3H3. The van der Waals surface area contributed by atoms with E-state index in [-0.39, 0.29) is 5.91 Å². The molecule has 1 amide bonds. The van der Waals surface area contributed by atoms with Crippen molar-refractivity contribution in [1.82, 2.24) is 10.2 Å². The van der Waals surface area contributed by atoms with Crippen LogP contribution in [0.2, 0.25) is 0 Å². The van der Waals surface area contributed by atoms with Gasteiger partial charge in [0, 0.05) is 24.7 Å². The highest BCUT2D eigenvalue weighted by Gasteiger charge is 2.22. The highest BCUT2D eigenvalue weighted by molar-refractivity contribution is 5.94. The number of nitrogens with one attached hydrogen (secondary N) is 1. The van der Waals surface area contributed by atoms with Crippen molar-refractivity contribution in [3.05, 3.63) is 34.9 Å². The predicted octanol–water partition coefficient (Wildman–Crippen LogP) is 2.13. The lowest BCUT2D eigenvalue weighted by Gasteiger charge is -2.32. The second-order valence-corrected chi connectivity index (χ2v) is 5.15. The smallest absolute Gasteiger partial charge is 0.253 e. The van der Waals surface area contributed by atoms with Gasteiger partial charge in [-0.2, -0.15) is 0 Å². The minimum Gasteiger partial charge on any atom is -0.339 e. The Morgan fingerprint density at radius 3 is 2.44 bits per heavy atom. The molecule has 0 unspecified atom stereocenters. The molecule has 1 aliphatic rings. The summed E-state index contributed by atoms with van der Waals surface area (Å²) in [5.74, 6) is 0.174. The molecule has 0 aliphatic carbocycles. The van der Waals surface area contributed by atoms with Gasteiger partial charge in [0.2, 0.25) is 0 Å². The minimum absolute atomic E-state index is 0.174. The van der Waals surface area contributed by atoms with Crippen LogP contribution in [0.1, 0.15) is 34.3 Å². The maximum Gasteiger partial charge on any atom is 0.253 e. The summed E-state index contributed by atoms with van der Waals surface area (Å²) in [6, 6.07) is 6.54. The highest BCUT2D eigenvalue weighted by atomic mass is 16.2. The number of rotatable bonds is 2. The van der Waals surface area contributed by atoms with Gasteiger partial charge in [0.1, 0.15) is 0 Å². The summed E-state index contributed by atoms with van der Waals surface area (Å²) in [5, 5.41) is 3.28. The van der Waals surface area contributed by atoms with Gasteiger partial charge in [0.15, 0.2) is 0 Å². The third kappa shape index (κ3) is 2.72. The van der Waals surface area contributed by atoms with Crippen LogP contribution in [0.5, 0.6) is 0 Å². The van der Waals surface area contributed by atoms with Crippen molar-refractivity contribution in [3.8, 4) is 0 Å². The van der Waals surface area contributed by atoms with Crippen LogP contribution in [0.3, 0.4) is 0 Å². The Morgan fingerprint density at radius 2 is 1.89 bits per heavy atom. The van der Waals surface area contributed by atoms with Crippen molar-refractivity contribution < 1.29 is 4.79 Å². The average Bonchev–Trinajstić information content (AvgIpc) is 2.41. The topological polar surface area (TPSA) is 32.3 Å². The van der Waals surface area contributed by atoms with Crippen molar-refractivity contribution in [2.75, 3.05) is 20.1 Å². The van der Waals surface area contributed by atoms with Gasteiger partial charge in [0.05, 0.1) is 0 Å². The van der Waals surface area contributed by atoms with Crippen LogP contribution < -0.4 is 5.32 Å². The molecule has 0 atom stereocenters. The quantitative estimate of drug-likeness (QED) is 0.867. The van der Waals surface area contributed by atoms with Crippen LogP contribution in [-0.4, -0.2) is 37.0 Å². The number of aryl methyl sites for hydroxylation is 2. The molecule has 1 saturated heterocycles. The Morgan fingerprint density at radius 1 is 1.22 bits per heavy atom. The molecule has 3 nitrogen and oxygen atoms in total. The minimum atomic E-state index is 0.174. The summed E-state index contributed by atoms with van der Waals surface area (Å²) in [5.41, 5.74) is 3.24. The van der Waals surface area contributed by atoms with E-state index in [4.69, 9.17) is 0 Å². The molecule has 0 saturated carbocycles. The van der Waals surface area contributed by atoms with E-state index in [9.17, 15) is 4.79 Å². The van der Waals surface area contributed by atoms with Gasteiger partial charge < -0.3 is 10.2 Å². The Kier molecular flexibility index (Phi) is 4.02. The summed E-state index contributed by atoms with van der Waals surface area (Å²) in [7, 11) is 1.99. The fraction of sp³-hybridized carbons (Fsp3) is 0.533. The summed E-state index contributed by atoms with van der Waals surface area (Å²) in [4.78, 5) is 14.3. The predicted molar refractivity (Wildman–Crippen MR) is 73.9 cm³/mol. The fourth-order valence-electron chi connectivity index (χ4n) is 2.43. The lowest BCUT2D eigenvalue weighted by atomic mass is 10.0. The van der Waals surface area contributed by atoms with Gasteiger partial charge in [-0.05, 0) is 57.0 Å². The van der Waals surface area contributed by atoms with Crippen LogP contribution in [0.25, 0.3) is 0 Å². The number of piperidine rings is 1. The number of carbonyl (C=O) groups is 1. The molecule has 2 rings (SSSR count). The number of likely N-dealkylation sites (tertiary alicyclic amines) is 1. The number of nitrogens with zero attached hydrogens (tertiary/aromatic N) is 1. The zero-order chi connectivity index (χ0) is 13.1. The monoisotopic (exact) mass is 246 g/mol. The number of benzene rings is 1. The lowest BCUT2D eigenvalue weighted by Crippen LogP contribution is -2.43. The molecular formula is C15H22N2O. The van der Waals surface area contributed by atoms with Gasteiger partial charge >= 0.3 is 0 Å². The lowest BCUT2D eigenvalue weighted by molar-refractivity contribution is 0.0707. The number of hydrogen-bond donors (Lipinski definition) is 1. The first-order valence-corrected chi connectivity index (χ1v) is 6.65. The molecule has 1 aliphatic heterocycles. The van der Waals surface area contributed by atoms with E-state index in [0.29, 0.717) is 6.04 Å². The van der Waals surface area contributed by atoms with Crippen molar-refractivity contribution >= 4 is 5.91 Å². The molecule has 0 bridgehead atoms. The van der Waals surface area contributed by atoms with E-state index in [2.05, 4.69) is 19.2 Å². The SMILES string of the molecule is CNC1CCN(C(=O)c2ccc(C)c(C)c2)CC1. The maximum absolute atomic E-state index is 12.4. The molecular weight excluding hydrogens is 224 g/mol. The molecule has 0 radical (unpaired) electrons. The van der Waals surface area contributed by atoms with Crippen molar-refractivity contribution in [2.45, 2.75) is 32.7 Å². The zero-order valence-electron chi connectivity index (χ0n) is 11.5. The molecule has 0 aromatic heterocycles. The Labute approximate surface area is 109 Å². The summed E-state index contributed by atoms with van der Waals surface area (Å²) >= 11 is 0. The molecule has 1 N–H and O–H groups in total. The molecule has 0 spiro atoms. The third-order valence-electron chi connectivity index (χ3n) is 3.94. The molecule has 1 aromatic rings. The first kappa shape index (κ1) is 13.1. The first-order chi connectivity index (χ1) is 8.61. The van der Waals surface area contributed by atoms with Gasteiger partial charge in [-0.1, -0.05) is 6.07 Å². The van der Waals surface area contributed by atoms with Crippen molar-refractivity contribution in [3.63, 3.8) is 0 Å². The summed E-state index contributed by atoms with van der Waals surface area (Å²) < 4.78 is 0. The summed E-state index contributed by atoms with van der Waals surface area (Å²) in [6.07, 6.45) is 2.10. The Hall–Kier alpha value is -1.35. The van der Waals surface area contributed by atoms with Crippen molar-refractivity contribution in [2.24, 2.45) is 0 Å². The van der Waals surface area contributed by atoms with E-state index in [1.54, 1.807) is 0 Å². The third-order valence-corrected chi connectivity index (χ3v) is 3.94. The second-order valence-electron chi connectivity index (χ2n) is 5.15. The van der Waals surface area contributed by atoms with Crippen LogP contribution in [0.15, 0.2) is 18.2 Å². The van der Waals surface area contributed by atoms with Gasteiger partial charge in [0.25, 0.3) is 5.91 Å². The normalized spacial score (nSPS) is 16.9. The molecule has 1 fully saturated rings. The average molecular weight is 246 g/mol. The van der Waals surface area contributed by atoms with Crippen LogP contribution in [-0.2, 0) is 0 Å². The maximum atomic E-state index is 12.4. The first-order valence-electron chi connectivity index (χ1n) is 6.65. The highest BCUT2D eigenvalue weighted by Crippen LogP contribution is 2.16. The summed E-state index contributed by atoms with van der Waals surface area (Å²) in [6.45, 7) is 5.84. The second kappa shape index (κ2) is 5.53. The molecule has 1 heterocycles. The van der Waals surface area contributed by atoms with Crippen LogP contribution >= 0.6 is 0 Å². The molecule has 98 valence electrons. The molecule has 1 aromatic carbocycles. The van der Waals surface area contributed by atoms with E-state index in [1.165, 1.54) is 11.1 Å². The zero-order valence-corrected chi connectivity index (χ0v) is 11.5. The molecule has 3 heteroatoms. The van der Waals surface area contributed by atoms with E-state index >= 15 is 0 Å². The number of carbonyl (C=O) groups excluding carboxylic acids is 1. The Bertz CT molecular complexity index is 434. The fourth-order valence-corrected chi connectivity index (χ4v) is 2.43. The van der Waals surface area contributed by atoms with Gasteiger partial charge in [-0.25, -0.2) is 0 Å². The number of amides is 1. The molecule has 18 heavy (non-hydrogen) atoms. The Balaban J connectivity index is 2.05. The van der Waals surface area contributed by atoms with E-state index in [1.807, 2.05) is 30.1 Å². The van der Waals surface area contributed by atoms with Crippen molar-refractivity contribution in [1.29, 1.82) is 0 Å². The van der Waals surface area contributed by atoms with Crippen LogP contribution in [0.4, 0.5) is 0 Å². The van der Waals surface area contributed by atoms with E-state index < -0.39 is 0 Å². The van der Waals surface area contributed by atoms with E-state index in [0.717, 1.165) is 31.5 Å². The largest absolute Gasteiger partial charge is 0.339 e. The van der Waals surface area contributed by atoms with Crippen LogP contribution in [0, 0.1) is 13.8 Å². The number of hydrogen-bond acceptors (Lipinski definition) is 2.